The minimum Gasteiger partial charge on any atom is -0.290 e. The van der Waals surface area contributed by atoms with Crippen LogP contribution in [0.1, 0.15) is 17.7 Å². The predicted molar refractivity (Wildman–Crippen MR) is 103 cm³/mol. The number of amides is 1. The lowest BCUT2D eigenvalue weighted by Gasteiger charge is -2.13. The summed E-state index contributed by atoms with van der Waals surface area (Å²) in [4.78, 5) is 14.1. The number of carbonyl (C=O) groups is 1. The first-order valence-electron chi connectivity index (χ1n) is 7.56. The maximum absolute atomic E-state index is 12.6. The highest BCUT2D eigenvalue weighted by molar-refractivity contribution is 9.10. The second kappa shape index (κ2) is 7.31. The van der Waals surface area contributed by atoms with E-state index in [0.29, 0.717) is 6.54 Å². The number of halogens is 1. The van der Waals surface area contributed by atoms with Crippen LogP contribution in [0.5, 0.6) is 0 Å². The molecule has 8 heteroatoms. The Hall–Kier alpha value is -1.64. The quantitative estimate of drug-likeness (QED) is 0.727. The molecule has 0 N–H and O–H groups in total. The number of likely N-dealkylation sites (N-methyl/N-ethyl adjacent to an activating group) is 1. The van der Waals surface area contributed by atoms with Crippen LogP contribution in [0.4, 0.5) is 0 Å². The summed E-state index contributed by atoms with van der Waals surface area (Å²) >= 11 is 4.44. The van der Waals surface area contributed by atoms with Crippen molar-refractivity contribution in [1.82, 2.24) is 4.90 Å². The predicted octanol–water partition coefficient (Wildman–Crippen LogP) is 3.83. The van der Waals surface area contributed by atoms with E-state index in [9.17, 15) is 13.2 Å². The normalized spacial score (nSPS) is 19.6. The van der Waals surface area contributed by atoms with Crippen molar-refractivity contribution in [3.63, 3.8) is 0 Å². The molecule has 130 valence electrons. The number of nitrogens with zero attached hydrogens (tertiary/aromatic N) is 2. The van der Waals surface area contributed by atoms with Gasteiger partial charge in [0, 0.05) is 11.0 Å². The number of thioether (sulfide) groups is 1. The van der Waals surface area contributed by atoms with Crippen LogP contribution in [0.25, 0.3) is 0 Å². The Balaban J connectivity index is 1.96. The topological polar surface area (TPSA) is 66.8 Å². The van der Waals surface area contributed by atoms with Crippen molar-refractivity contribution in [2.45, 2.75) is 17.1 Å². The summed E-state index contributed by atoms with van der Waals surface area (Å²) in [6.07, 6.45) is 0. The third-order valence-electron chi connectivity index (χ3n) is 3.67. The SMILES string of the molecule is CCN1C(=O)[C@@H](c2ccccc2)SC1=NS(=O)(=O)c1ccc(Br)cc1. The first-order chi connectivity index (χ1) is 11.9. The monoisotopic (exact) mass is 438 g/mol. The molecule has 1 atom stereocenters. The van der Waals surface area contributed by atoms with Gasteiger partial charge >= 0.3 is 0 Å². The molecule has 2 aromatic carbocycles. The fourth-order valence-corrected chi connectivity index (χ4v) is 5.12. The van der Waals surface area contributed by atoms with Crippen LogP contribution in [0.15, 0.2) is 68.4 Å². The van der Waals surface area contributed by atoms with Crippen LogP contribution in [0, 0.1) is 0 Å². The molecule has 1 aliphatic heterocycles. The fraction of sp³-hybridized carbons (Fsp3) is 0.176. The van der Waals surface area contributed by atoms with Gasteiger partial charge in [-0.1, -0.05) is 58.0 Å². The van der Waals surface area contributed by atoms with Gasteiger partial charge in [-0.25, -0.2) is 0 Å². The lowest BCUT2D eigenvalue weighted by molar-refractivity contribution is -0.126. The van der Waals surface area contributed by atoms with E-state index in [1.807, 2.05) is 30.3 Å². The minimum absolute atomic E-state index is 0.0930. The Kier molecular flexibility index (Phi) is 5.31. The molecule has 0 unspecified atom stereocenters. The Morgan fingerprint density at radius 3 is 2.36 bits per heavy atom. The Morgan fingerprint density at radius 1 is 1.12 bits per heavy atom. The van der Waals surface area contributed by atoms with E-state index < -0.39 is 15.3 Å². The van der Waals surface area contributed by atoms with Gasteiger partial charge in [-0.15, -0.1) is 4.40 Å². The van der Waals surface area contributed by atoms with E-state index in [2.05, 4.69) is 20.3 Å². The smallest absolute Gasteiger partial charge is 0.284 e. The molecule has 0 bridgehead atoms. The number of hydrogen-bond acceptors (Lipinski definition) is 4. The summed E-state index contributed by atoms with van der Waals surface area (Å²) in [7, 11) is -3.88. The number of sulfonamides is 1. The molecular formula is C17H15BrN2O3S2. The zero-order chi connectivity index (χ0) is 18.0. The van der Waals surface area contributed by atoms with E-state index in [1.54, 1.807) is 19.1 Å². The molecule has 1 heterocycles. The average Bonchev–Trinajstić information content (AvgIpc) is 2.91. The third-order valence-corrected chi connectivity index (χ3v) is 6.83. The van der Waals surface area contributed by atoms with Crippen LogP contribution in [0.3, 0.4) is 0 Å². The fourth-order valence-electron chi connectivity index (χ4n) is 2.42. The van der Waals surface area contributed by atoms with Crippen molar-refractivity contribution in [1.29, 1.82) is 0 Å². The van der Waals surface area contributed by atoms with Gasteiger partial charge in [0.25, 0.3) is 10.0 Å². The molecule has 1 saturated heterocycles. The van der Waals surface area contributed by atoms with Gasteiger partial charge in [0.05, 0.1) is 4.90 Å². The molecule has 0 spiro atoms. The number of carbonyl (C=O) groups excluding carboxylic acids is 1. The molecule has 0 radical (unpaired) electrons. The molecule has 5 nitrogen and oxygen atoms in total. The maximum Gasteiger partial charge on any atom is 0.284 e. The van der Waals surface area contributed by atoms with Gasteiger partial charge in [-0.3, -0.25) is 9.69 Å². The number of benzene rings is 2. The molecular weight excluding hydrogens is 424 g/mol. The van der Waals surface area contributed by atoms with E-state index in [0.717, 1.165) is 10.0 Å². The van der Waals surface area contributed by atoms with Crippen molar-refractivity contribution >= 4 is 48.8 Å². The molecule has 25 heavy (non-hydrogen) atoms. The van der Waals surface area contributed by atoms with Crippen molar-refractivity contribution in [3.8, 4) is 0 Å². The van der Waals surface area contributed by atoms with Crippen molar-refractivity contribution in [3.05, 3.63) is 64.6 Å². The van der Waals surface area contributed by atoms with Crippen LogP contribution >= 0.6 is 27.7 Å². The standard InChI is InChI=1S/C17H15BrN2O3S2/c1-2-20-16(21)15(12-6-4-3-5-7-12)24-17(20)19-25(22,23)14-10-8-13(18)9-11-14/h3-11,15H,2H2,1H3/t15-/m1/s1. The summed E-state index contributed by atoms with van der Waals surface area (Å²) in [5, 5.41) is -0.260. The largest absolute Gasteiger partial charge is 0.290 e. The van der Waals surface area contributed by atoms with Gasteiger partial charge in [0.2, 0.25) is 5.91 Å². The zero-order valence-electron chi connectivity index (χ0n) is 13.3. The summed E-state index contributed by atoms with van der Waals surface area (Å²) in [5.74, 6) is -0.150. The number of hydrogen-bond donors (Lipinski definition) is 0. The van der Waals surface area contributed by atoms with E-state index in [-0.39, 0.29) is 16.0 Å². The average molecular weight is 439 g/mol. The molecule has 0 aliphatic carbocycles. The molecule has 0 aromatic heterocycles. The summed E-state index contributed by atoms with van der Waals surface area (Å²) in [5.41, 5.74) is 0.835. The molecule has 2 aromatic rings. The lowest BCUT2D eigenvalue weighted by Crippen LogP contribution is -2.30. The third kappa shape index (κ3) is 3.80. The minimum atomic E-state index is -3.88. The van der Waals surface area contributed by atoms with Crippen LogP contribution in [-0.4, -0.2) is 30.9 Å². The molecule has 1 amide bonds. The summed E-state index contributed by atoms with van der Waals surface area (Å²) < 4.78 is 29.8. The summed E-state index contributed by atoms with van der Waals surface area (Å²) in [6.45, 7) is 2.16. The second-order valence-corrected chi connectivity index (χ2v) is 8.89. The van der Waals surface area contributed by atoms with Gasteiger partial charge in [0.1, 0.15) is 5.25 Å². The van der Waals surface area contributed by atoms with Gasteiger partial charge < -0.3 is 0 Å². The van der Waals surface area contributed by atoms with Gasteiger partial charge in [-0.05, 0) is 36.8 Å². The first-order valence-corrected chi connectivity index (χ1v) is 10.7. The van der Waals surface area contributed by atoms with E-state index in [4.69, 9.17) is 0 Å². The Labute approximate surface area is 159 Å². The number of amidine groups is 1. The highest BCUT2D eigenvalue weighted by atomic mass is 79.9. The highest BCUT2D eigenvalue weighted by Crippen LogP contribution is 2.39. The van der Waals surface area contributed by atoms with Crippen molar-refractivity contribution in [2.75, 3.05) is 6.54 Å². The molecule has 0 saturated carbocycles. The molecule has 1 fully saturated rings. The maximum atomic E-state index is 12.6. The van der Waals surface area contributed by atoms with E-state index in [1.165, 1.54) is 28.8 Å². The van der Waals surface area contributed by atoms with Crippen LogP contribution in [0.2, 0.25) is 0 Å². The second-order valence-electron chi connectivity index (χ2n) is 5.29. The number of rotatable bonds is 4. The lowest BCUT2D eigenvalue weighted by atomic mass is 10.1. The van der Waals surface area contributed by atoms with Crippen molar-refractivity contribution < 1.29 is 13.2 Å². The molecule has 1 aliphatic rings. The van der Waals surface area contributed by atoms with Gasteiger partial charge in [0.15, 0.2) is 5.17 Å². The molecule has 3 rings (SSSR count). The van der Waals surface area contributed by atoms with E-state index >= 15 is 0 Å². The Bertz CT molecular complexity index is 913. The van der Waals surface area contributed by atoms with Crippen LogP contribution in [-0.2, 0) is 14.8 Å². The zero-order valence-corrected chi connectivity index (χ0v) is 16.5. The Morgan fingerprint density at radius 2 is 1.76 bits per heavy atom. The summed E-state index contributed by atoms with van der Waals surface area (Å²) in [6, 6.07) is 15.5. The van der Waals surface area contributed by atoms with Crippen LogP contribution < -0.4 is 0 Å². The first kappa shape index (κ1) is 18.2. The highest BCUT2D eigenvalue weighted by Gasteiger charge is 2.39. The van der Waals surface area contributed by atoms with Gasteiger partial charge in [-0.2, -0.15) is 8.42 Å². The van der Waals surface area contributed by atoms with Crippen molar-refractivity contribution in [2.24, 2.45) is 4.40 Å².